The molecular formula is C11H17NOS. The summed E-state index contributed by atoms with van der Waals surface area (Å²) in [5, 5.41) is 3.34. The lowest BCUT2D eigenvalue weighted by atomic mass is 10.1. The first kappa shape index (κ1) is 10.1. The zero-order valence-corrected chi connectivity index (χ0v) is 9.80. The fourth-order valence-corrected chi connectivity index (χ4v) is 2.80. The van der Waals surface area contributed by atoms with Gasteiger partial charge in [0.2, 0.25) is 0 Å². The molecule has 0 N–H and O–H groups in total. The average Bonchev–Trinajstić information content (AvgIpc) is 2.88. The third kappa shape index (κ3) is 1.98. The Kier molecular flexibility index (Phi) is 2.88. The molecule has 14 heavy (non-hydrogen) atoms. The van der Waals surface area contributed by atoms with Crippen LogP contribution in [0.5, 0.6) is 0 Å². The second-order valence-corrected chi connectivity index (χ2v) is 5.17. The number of hydrogen-bond acceptors (Lipinski definition) is 3. The zero-order valence-electron chi connectivity index (χ0n) is 8.99. The summed E-state index contributed by atoms with van der Waals surface area (Å²) in [6, 6.07) is 0. The molecule has 78 valence electrons. The minimum absolute atomic E-state index is 0.174. The van der Waals surface area contributed by atoms with Crippen molar-refractivity contribution in [2.24, 2.45) is 5.92 Å². The van der Waals surface area contributed by atoms with Crippen molar-refractivity contribution < 1.29 is 4.74 Å². The largest absolute Gasteiger partial charge is 0.374 e. The molecule has 0 saturated heterocycles. The number of ether oxygens (including phenoxy) is 1. The molecule has 1 fully saturated rings. The van der Waals surface area contributed by atoms with E-state index in [1.165, 1.54) is 18.5 Å². The maximum Gasteiger partial charge on any atom is 0.122 e. The van der Waals surface area contributed by atoms with Gasteiger partial charge in [0.1, 0.15) is 11.1 Å². The van der Waals surface area contributed by atoms with Crippen LogP contribution in [-0.4, -0.2) is 12.1 Å². The molecule has 1 aromatic rings. The lowest BCUT2D eigenvalue weighted by Gasteiger charge is -2.15. The molecule has 0 amide bonds. The molecule has 2 rings (SSSR count). The first-order chi connectivity index (χ1) is 6.72. The van der Waals surface area contributed by atoms with E-state index in [0.717, 1.165) is 10.9 Å². The molecule has 1 atom stereocenters. The molecule has 0 bridgehead atoms. The van der Waals surface area contributed by atoms with Gasteiger partial charge in [0.15, 0.2) is 0 Å². The van der Waals surface area contributed by atoms with Gasteiger partial charge in [0.05, 0.1) is 5.69 Å². The number of nitrogens with zero attached hydrogens (tertiary/aromatic N) is 1. The van der Waals surface area contributed by atoms with Crippen molar-refractivity contribution in [2.45, 2.75) is 38.7 Å². The highest BCUT2D eigenvalue weighted by Crippen LogP contribution is 2.41. The van der Waals surface area contributed by atoms with Crippen LogP contribution in [0.3, 0.4) is 0 Å². The highest BCUT2D eigenvalue weighted by molar-refractivity contribution is 7.09. The predicted octanol–water partition coefficient (Wildman–Crippen LogP) is 3.36. The molecule has 0 aliphatic heterocycles. The molecule has 1 aliphatic rings. The van der Waals surface area contributed by atoms with Gasteiger partial charge in [-0.05, 0) is 18.8 Å². The zero-order chi connectivity index (χ0) is 10.1. The van der Waals surface area contributed by atoms with Crippen LogP contribution in [0.15, 0.2) is 5.38 Å². The van der Waals surface area contributed by atoms with Crippen LogP contribution in [0.25, 0.3) is 0 Å². The monoisotopic (exact) mass is 211 g/mol. The Balaban J connectivity index is 2.13. The molecule has 1 saturated carbocycles. The highest BCUT2D eigenvalue weighted by Gasteiger charge is 2.27. The lowest BCUT2D eigenvalue weighted by Crippen LogP contribution is -2.08. The molecule has 0 radical (unpaired) electrons. The fraction of sp³-hybridized carbons (Fsp3) is 0.727. The number of thiazole rings is 1. The minimum Gasteiger partial charge on any atom is -0.374 e. The summed E-state index contributed by atoms with van der Waals surface area (Å²) in [6.07, 6.45) is 2.82. The Morgan fingerprint density at radius 2 is 2.21 bits per heavy atom. The van der Waals surface area contributed by atoms with E-state index in [0.29, 0.717) is 5.92 Å². The van der Waals surface area contributed by atoms with Crippen molar-refractivity contribution in [3.05, 3.63) is 16.1 Å². The SMILES string of the molecule is COC(c1nc(C2CC2)cs1)C(C)C. The van der Waals surface area contributed by atoms with Gasteiger partial charge in [0.25, 0.3) is 0 Å². The third-order valence-electron chi connectivity index (χ3n) is 2.64. The second-order valence-electron chi connectivity index (χ2n) is 4.29. The second kappa shape index (κ2) is 3.99. The quantitative estimate of drug-likeness (QED) is 0.762. The molecule has 3 heteroatoms. The van der Waals surface area contributed by atoms with Crippen LogP contribution in [0.4, 0.5) is 0 Å². The van der Waals surface area contributed by atoms with Crippen molar-refractivity contribution in [1.29, 1.82) is 0 Å². The summed E-state index contributed by atoms with van der Waals surface area (Å²) in [4.78, 5) is 4.66. The highest BCUT2D eigenvalue weighted by atomic mass is 32.1. The average molecular weight is 211 g/mol. The predicted molar refractivity (Wildman–Crippen MR) is 58.7 cm³/mol. The Labute approximate surface area is 89.3 Å². The van der Waals surface area contributed by atoms with Crippen molar-refractivity contribution in [3.8, 4) is 0 Å². The Morgan fingerprint density at radius 1 is 1.50 bits per heavy atom. The van der Waals surface area contributed by atoms with Crippen molar-refractivity contribution in [3.63, 3.8) is 0 Å². The minimum atomic E-state index is 0.174. The van der Waals surface area contributed by atoms with E-state index in [2.05, 4.69) is 24.2 Å². The number of rotatable bonds is 4. The van der Waals surface area contributed by atoms with Crippen molar-refractivity contribution in [2.75, 3.05) is 7.11 Å². The molecule has 1 aromatic heterocycles. The Hall–Kier alpha value is -0.410. The molecule has 1 unspecified atom stereocenters. The Bertz CT molecular complexity index is 304. The van der Waals surface area contributed by atoms with Gasteiger partial charge in [-0.25, -0.2) is 4.98 Å². The maximum absolute atomic E-state index is 5.46. The van der Waals surface area contributed by atoms with Gasteiger partial charge in [-0.3, -0.25) is 0 Å². The molecule has 1 aliphatic carbocycles. The summed E-state index contributed by atoms with van der Waals surface area (Å²) in [6.45, 7) is 4.35. The van der Waals surface area contributed by atoms with E-state index in [4.69, 9.17) is 4.74 Å². The molecule has 2 nitrogen and oxygen atoms in total. The molecule has 0 aromatic carbocycles. The summed E-state index contributed by atoms with van der Waals surface area (Å²) in [7, 11) is 1.77. The van der Waals surface area contributed by atoms with E-state index in [9.17, 15) is 0 Å². The van der Waals surface area contributed by atoms with E-state index in [1.807, 2.05) is 0 Å². The standard InChI is InChI=1S/C11H17NOS/c1-7(2)10(13-3)11-12-9(6-14-11)8-4-5-8/h6-8,10H,4-5H2,1-3H3. The van der Waals surface area contributed by atoms with Crippen LogP contribution in [0.2, 0.25) is 0 Å². The van der Waals surface area contributed by atoms with E-state index in [1.54, 1.807) is 18.4 Å². The van der Waals surface area contributed by atoms with Gasteiger partial charge >= 0.3 is 0 Å². The van der Waals surface area contributed by atoms with Crippen LogP contribution in [0.1, 0.15) is 49.4 Å². The summed E-state index contributed by atoms with van der Waals surface area (Å²) < 4.78 is 5.46. The van der Waals surface area contributed by atoms with E-state index >= 15 is 0 Å². The first-order valence-electron chi connectivity index (χ1n) is 5.20. The maximum atomic E-state index is 5.46. The van der Waals surface area contributed by atoms with Gasteiger partial charge in [0, 0.05) is 18.4 Å². The summed E-state index contributed by atoms with van der Waals surface area (Å²) in [5.41, 5.74) is 1.28. The summed E-state index contributed by atoms with van der Waals surface area (Å²) in [5.74, 6) is 1.25. The van der Waals surface area contributed by atoms with Gasteiger partial charge in [-0.2, -0.15) is 0 Å². The van der Waals surface area contributed by atoms with Crippen molar-refractivity contribution >= 4 is 11.3 Å². The van der Waals surface area contributed by atoms with Gasteiger partial charge in [-0.1, -0.05) is 13.8 Å². The number of hydrogen-bond donors (Lipinski definition) is 0. The summed E-state index contributed by atoms with van der Waals surface area (Å²) >= 11 is 1.74. The van der Waals surface area contributed by atoms with Crippen LogP contribution in [-0.2, 0) is 4.74 Å². The van der Waals surface area contributed by atoms with Crippen LogP contribution < -0.4 is 0 Å². The smallest absolute Gasteiger partial charge is 0.122 e. The van der Waals surface area contributed by atoms with E-state index in [-0.39, 0.29) is 6.10 Å². The lowest BCUT2D eigenvalue weighted by molar-refractivity contribution is 0.0643. The van der Waals surface area contributed by atoms with Crippen molar-refractivity contribution in [1.82, 2.24) is 4.98 Å². The number of methoxy groups -OCH3 is 1. The molecule has 1 heterocycles. The van der Waals surface area contributed by atoms with Gasteiger partial charge < -0.3 is 4.74 Å². The first-order valence-corrected chi connectivity index (χ1v) is 6.08. The van der Waals surface area contributed by atoms with E-state index < -0.39 is 0 Å². The van der Waals surface area contributed by atoms with Crippen LogP contribution >= 0.6 is 11.3 Å². The third-order valence-corrected chi connectivity index (χ3v) is 3.56. The topological polar surface area (TPSA) is 22.1 Å². The molecule has 0 spiro atoms. The number of aromatic nitrogens is 1. The van der Waals surface area contributed by atoms with Gasteiger partial charge in [-0.15, -0.1) is 11.3 Å². The molecular weight excluding hydrogens is 194 g/mol. The van der Waals surface area contributed by atoms with Crippen LogP contribution in [0, 0.1) is 5.92 Å². The normalized spacial score (nSPS) is 18.9. The fourth-order valence-electron chi connectivity index (χ4n) is 1.66. The Morgan fingerprint density at radius 3 is 2.71 bits per heavy atom.